The second-order valence-corrected chi connectivity index (χ2v) is 12.5. The van der Waals surface area contributed by atoms with Gasteiger partial charge in [-0.05, 0) is 73.0 Å². The molecule has 0 radical (unpaired) electrons. The number of aliphatic hydroxyl groups excluding tert-OH is 1. The van der Waals surface area contributed by atoms with Crippen molar-refractivity contribution in [1.82, 2.24) is 10.2 Å². The summed E-state index contributed by atoms with van der Waals surface area (Å²) in [6.07, 6.45) is -1.05. The van der Waals surface area contributed by atoms with E-state index in [4.69, 9.17) is 24.7 Å². The highest BCUT2D eigenvalue weighted by molar-refractivity contribution is 6.04. The number of ketones is 1. The fourth-order valence-electron chi connectivity index (χ4n) is 5.99. The van der Waals surface area contributed by atoms with Gasteiger partial charge in [0.2, 0.25) is 5.91 Å². The number of carbonyl (C=O) groups is 3. The van der Waals surface area contributed by atoms with E-state index in [2.05, 4.69) is 12.2 Å². The number of nitrogens with one attached hydrogen (secondary N) is 1. The number of aliphatic hydroxyl groups is 1. The number of nitrogens with two attached hydrogens (primary N) is 1. The van der Waals surface area contributed by atoms with Crippen LogP contribution < -0.4 is 11.1 Å². The van der Waals surface area contributed by atoms with Gasteiger partial charge in [-0.15, -0.1) is 0 Å². The number of carbonyl (C=O) groups excluding carboxylic acids is 3. The van der Waals surface area contributed by atoms with Gasteiger partial charge in [-0.3, -0.25) is 14.4 Å². The molecule has 2 fully saturated rings. The number of amides is 1. The fourth-order valence-corrected chi connectivity index (χ4v) is 5.99. The number of rotatable bonds is 8. The van der Waals surface area contributed by atoms with Crippen molar-refractivity contribution in [3.63, 3.8) is 0 Å². The van der Waals surface area contributed by atoms with E-state index >= 15 is 0 Å². The first-order valence-corrected chi connectivity index (χ1v) is 14.5. The highest BCUT2D eigenvalue weighted by Gasteiger charge is 2.52. The molecule has 2 heterocycles. The highest BCUT2D eigenvalue weighted by Crippen LogP contribution is 2.39. The average Bonchev–Trinajstić information content (AvgIpc) is 2.90. The normalized spacial score (nSPS) is 40.6. The largest absolute Gasteiger partial charge is 0.463 e. The molecule has 2 aliphatic rings. The van der Waals surface area contributed by atoms with Crippen molar-refractivity contribution in [2.45, 2.75) is 116 Å². The van der Waals surface area contributed by atoms with Crippen LogP contribution >= 0.6 is 0 Å². The first-order valence-electron chi connectivity index (χ1n) is 14.5. The molecule has 0 aliphatic carbocycles. The van der Waals surface area contributed by atoms with E-state index in [1.54, 1.807) is 27.9 Å². The van der Waals surface area contributed by atoms with Crippen molar-refractivity contribution in [1.29, 1.82) is 0 Å². The molecule has 0 bridgehead atoms. The van der Waals surface area contributed by atoms with E-state index in [0.717, 1.165) is 0 Å². The predicted octanol–water partition coefficient (Wildman–Crippen LogP) is 1.63. The lowest BCUT2D eigenvalue weighted by atomic mass is 9.72. The topological polar surface area (TPSA) is 150 Å². The molecule has 11 nitrogen and oxygen atoms in total. The molecule has 2 saturated heterocycles. The second kappa shape index (κ2) is 14.5. The third-order valence-corrected chi connectivity index (χ3v) is 8.86. The van der Waals surface area contributed by atoms with Crippen LogP contribution in [-0.4, -0.2) is 104 Å². The number of esters is 1. The third kappa shape index (κ3) is 8.23. The molecule has 11 heteroatoms. The van der Waals surface area contributed by atoms with E-state index in [1.165, 1.54) is 0 Å². The molecule has 232 valence electrons. The van der Waals surface area contributed by atoms with Gasteiger partial charge in [0.15, 0.2) is 12.1 Å². The summed E-state index contributed by atoms with van der Waals surface area (Å²) in [5, 5.41) is 14.6. The van der Waals surface area contributed by atoms with Crippen molar-refractivity contribution in [3.8, 4) is 0 Å². The van der Waals surface area contributed by atoms with Crippen LogP contribution in [0.25, 0.3) is 0 Å². The summed E-state index contributed by atoms with van der Waals surface area (Å²) < 4.78 is 24.4. The lowest BCUT2D eigenvalue weighted by Crippen LogP contribution is -2.59. The molecule has 1 amide bonds. The summed E-state index contributed by atoms with van der Waals surface area (Å²) in [5.74, 6) is -2.13. The number of primary amides is 1. The second-order valence-electron chi connectivity index (χ2n) is 12.5. The Morgan fingerprint density at radius 2 is 1.88 bits per heavy atom. The molecular formula is C29H53N3O8. The number of methoxy groups -OCH3 is 1. The molecule has 0 aromatic rings. The summed E-state index contributed by atoms with van der Waals surface area (Å²) in [6.45, 7) is 11.6. The molecule has 10 atom stereocenters. The van der Waals surface area contributed by atoms with Crippen LogP contribution in [0.3, 0.4) is 0 Å². The monoisotopic (exact) mass is 571 g/mol. The van der Waals surface area contributed by atoms with Gasteiger partial charge in [-0.25, -0.2) is 0 Å². The molecular weight excluding hydrogens is 518 g/mol. The summed E-state index contributed by atoms with van der Waals surface area (Å²) in [6, 6.07) is -0.496. The van der Waals surface area contributed by atoms with Crippen LogP contribution in [0.1, 0.15) is 73.6 Å². The molecule has 40 heavy (non-hydrogen) atoms. The summed E-state index contributed by atoms with van der Waals surface area (Å²) in [4.78, 5) is 40.9. The molecule has 0 aromatic carbocycles. The van der Waals surface area contributed by atoms with Crippen molar-refractivity contribution in [2.75, 3.05) is 34.4 Å². The Balaban J connectivity index is 2.51. The third-order valence-electron chi connectivity index (χ3n) is 8.86. The summed E-state index contributed by atoms with van der Waals surface area (Å²) in [7, 11) is 5.38. The zero-order chi connectivity index (χ0) is 30.4. The number of hydrogen-bond donors (Lipinski definition) is 3. The Morgan fingerprint density at radius 3 is 2.42 bits per heavy atom. The molecule has 0 spiro atoms. The minimum absolute atomic E-state index is 0.0173. The Kier molecular flexibility index (Phi) is 12.5. The Morgan fingerprint density at radius 1 is 1.23 bits per heavy atom. The van der Waals surface area contributed by atoms with Gasteiger partial charge >= 0.3 is 5.97 Å². The van der Waals surface area contributed by atoms with Gasteiger partial charge in [-0.2, -0.15) is 0 Å². The van der Waals surface area contributed by atoms with Crippen LogP contribution in [-0.2, 0) is 33.3 Å². The Labute approximate surface area is 239 Å². The molecule has 0 aromatic heterocycles. The zero-order valence-corrected chi connectivity index (χ0v) is 25.9. The minimum atomic E-state index is -1.44. The van der Waals surface area contributed by atoms with Crippen LogP contribution in [0, 0.1) is 17.3 Å². The van der Waals surface area contributed by atoms with Gasteiger partial charge in [0.1, 0.15) is 18.1 Å². The van der Waals surface area contributed by atoms with Crippen molar-refractivity contribution in [3.05, 3.63) is 0 Å². The van der Waals surface area contributed by atoms with Gasteiger partial charge in [0.25, 0.3) is 0 Å². The Bertz CT molecular complexity index is 872. The average molecular weight is 572 g/mol. The van der Waals surface area contributed by atoms with Gasteiger partial charge in [0, 0.05) is 31.5 Å². The van der Waals surface area contributed by atoms with Crippen molar-refractivity contribution >= 4 is 17.7 Å². The Hall–Kier alpha value is -1.63. The zero-order valence-electron chi connectivity index (χ0n) is 25.9. The minimum Gasteiger partial charge on any atom is -0.463 e. The summed E-state index contributed by atoms with van der Waals surface area (Å²) in [5.41, 5.74) is 2.96. The number of cyclic esters (lactones) is 1. The predicted molar refractivity (Wildman–Crippen MR) is 150 cm³/mol. The first-order chi connectivity index (χ1) is 18.6. The van der Waals surface area contributed by atoms with Crippen LogP contribution in [0.4, 0.5) is 0 Å². The molecule has 2 aliphatic heterocycles. The molecule has 2 unspecified atom stereocenters. The fraction of sp³-hybridized carbons (Fsp3) is 0.897. The van der Waals surface area contributed by atoms with Crippen LogP contribution in [0.15, 0.2) is 0 Å². The molecule has 2 rings (SSSR count). The van der Waals surface area contributed by atoms with Crippen molar-refractivity contribution in [2.24, 2.45) is 23.0 Å². The van der Waals surface area contributed by atoms with Crippen LogP contribution in [0.2, 0.25) is 0 Å². The summed E-state index contributed by atoms with van der Waals surface area (Å²) >= 11 is 0. The quantitative estimate of drug-likeness (QED) is 0.290. The SMILES string of the molecule is CC[C@]1(C)C(=O)OC[C@@H](CCC(N)=O)NC[C@H](C)C[C@@](C)(OC)[C@H](OC2O[C@H](C)CC(N(C)C)[C@H]2O)[C@@H](C)C1=O. The number of Topliss-reactive ketones (excluding diaryl/α,β-unsaturated/α-hetero) is 1. The van der Waals surface area contributed by atoms with E-state index in [1.807, 2.05) is 32.8 Å². The van der Waals surface area contributed by atoms with Crippen LogP contribution in [0.5, 0.6) is 0 Å². The number of hydrogen-bond acceptors (Lipinski definition) is 10. The molecule has 0 saturated carbocycles. The maximum atomic E-state index is 14.1. The molecule has 4 N–H and O–H groups in total. The van der Waals surface area contributed by atoms with E-state index in [0.29, 0.717) is 25.8 Å². The van der Waals surface area contributed by atoms with Crippen molar-refractivity contribution < 1.29 is 38.4 Å². The highest BCUT2D eigenvalue weighted by atomic mass is 16.7. The number of likely N-dealkylation sites (N-methyl/N-ethyl adjacent to an activating group) is 1. The maximum absolute atomic E-state index is 14.1. The number of ether oxygens (including phenoxy) is 4. The van der Waals surface area contributed by atoms with Gasteiger partial charge in [-0.1, -0.05) is 20.8 Å². The van der Waals surface area contributed by atoms with Gasteiger partial charge in [0.05, 0.1) is 17.8 Å². The van der Waals surface area contributed by atoms with E-state index in [9.17, 15) is 19.5 Å². The van der Waals surface area contributed by atoms with E-state index < -0.39 is 47.3 Å². The number of nitrogens with zero attached hydrogens (tertiary/aromatic N) is 1. The first kappa shape index (κ1) is 34.6. The van der Waals surface area contributed by atoms with Gasteiger partial charge < -0.3 is 40.0 Å². The lowest BCUT2D eigenvalue weighted by molar-refractivity contribution is -0.295. The maximum Gasteiger partial charge on any atom is 0.319 e. The standard InChI is InChI=1S/C29H53N3O8/c1-10-28(5)24(35)19(4)25(40-26-23(34)21(32(7)8)13-18(3)39-26)29(6,37-9)14-17(2)15-31-20(11-12-22(30)33)16-38-27(28)36/h17-21,23,25-26,31,34H,10-16H2,1-9H3,(H2,30,33)/t17-,18-,19+,20-,21?,23-,25-,26?,28+,29-/m1/s1. The smallest absolute Gasteiger partial charge is 0.319 e. The van der Waals surface area contributed by atoms with E-state index in [-0.39, 0.29) is 49.3 Å². The lowest BCUT2D eigenvalue weighted by Gasteiger charge is -2.47.